The zero-order chi connectivity index (χ0) is 10.7. The second-order valence-electron chi connectivity index (χ2n) is 3.16. The lowest BCUT2D eigenvalue weighted by molar-refractivity contribution is 0.0824. The molecule has 2 N–H and O–H groups in total. The summed E-state index contributed by atoms with van der Waals surface area (Å²) in [6, 6.07) is 5.33. The van der Waals surface area contributed by atoms with Crippen molar-refractivity contribution in [3.8, 4) is 0 Å². The minimum Gasteiger partial charge on any atom is -0.399 e. The fraction of sp³-hybridized carbons (Fsp3) is 0.300. The number of nitrogens with zero attached hydrogens (tertiary/aromatic N) is 1. The second-order valence-corrected chi connectivity index (χ2v) is 4.01. The van der Waals surface area contributed by atoms with Crippen molar-refractivity contribution < 1.29 is 4.79 Å². The molecule has 0 aliphatic heterocycles. The summed E-state index contributed by atoms with van der Waals surface area (Å²) < 4.78 is 0. The van der Waals surface area contributed by atoms with E-state index in [1.165, 1.54) is 11.8 Å². The summed E-state index contributed by atoms with van der Waals surface area (Å²) in [6.45, 7) is 0. The van der Waals surface area contributed by atoms with Gasteiger partial charge in [0.15, 0.2) is 0 Å². The second kappa shape index (κ2) is 4.37. The van der Waals surface area contributed by atoms with Crippen molar-refractivity contribution in [2.24, 2.45) is 0 Å². The van der Waals surface area contributed by atoms with Gasteiger partial charge in [0.2, 0.25) is 0 Å². The van der Waals surface area contributed by atoms with Crippen LogP contribution in [-0.2, 0) is 0 Å². The maximum atomic E-state index is 11.7. The van der Waals surface area contributed by atoms with Gasteiger partial charge >= 0.3 is 0 Å². The lowest BCUT2D eigenvalue weighted by Gasteiger charge is -2.13. The maximum absolute atomic E-state index is 11.7. The lowest BCUT2D eigenvalue weighted by Crippen LogP contribution is -2.22. The van der Waals surface area contributed by atoms with Crippen LogP contribution in [0.4, 0.5) is 5.69 Å². The SMILES string of the molecule is CSc1cc(N)ccc1C(=O)N(C)C. The molecule has 0 radical (unpaired) electrons. The number of benzene rings is 1. The first kappa shape index (κ1) is 10.9. The predicted molar refractivity (Wildman–Crippen MR) is 60.7 cm³/mol. The van der Waals surface area contributed by atoms with E-state index in [0.29, 0.717) is 11.3 Å². The number of amides is 1. The van der Waals surface area contributed by atoms with E-state index < -0.39 is 0 Å². The Morgan fingerprint density at radius 2 is 2.07 bits per heavy atom. The van der Waals surface area contributed by atoms with E-state index >= 15 is 0 Å². The Labute approximate surface area is 88.3 Å². The van der Waals surface area contributed by atoms with Gasteiger partial charge in [0, 0.05) is 24.7 Å². The highest BCUT2D eigenvalue weighted by atomic mass is 32.2. The number of hydrogen-bond donors (Lipinski definition) is 1. The van der Waals surface area contributed by atoms with Gasteiger partial charge in [-0.2, -0.15) is 0 Å². The molecule has 0 bridgehead atoms. The highest BCUT2D eigenvalue weighted by Crippen LogP contribution is 2.23. The van der Waals surface area contributed by atoms with Crippen LogP contribution in [0, 0.1) is 0 Å². The van der Waals surface area contributed by atoms with E-state index in [4.69, 9.17) is 5.73 Å². The highest BCUT2D eigenvalue weighted by Gasteiger charge is 2.12. The van der Waals surface area contributed by atoms with Crippen LogP contribution in [-0.4, -0.2) is 31.2 Å². The number of rotatable bonds is 2. The van der Waals surface area contributed by atoms with Gasteiger partial charge in [-0.3, -0.25) is 4.79 Å². The first-order valence-electron chi connectivity index (χ1n) is 4.21. The van der Waals surface area contributed by atoms with E-state index in [0.717, 1.165) is 4.90 Å². The van der Waals surface area contributed by atoms with Gasteiger partial charge in [0.05, 0.1) is 5.56 Å². The minimum atomic E-state index is 0.00866. The molecule has 0 saturated carbocycles. The van der Waals surface area contributed by atoms with Crippen LogP contribution < -0.4 is 5.73 Å². The molecule has 0 aliphatic carbocycles. The van der Waals surface area contributed by atoms with Gasteiger partial charge in [0.25, 0.3) is 5.91 Å². The topological polar surface area (TPSA) is 46.3 Å². The Balaban J connectivity index is 3.14. The Bertz CT molecular complexity index is 350. The van der Waals surface area contributed by atoms with Crippen molar-refractivity contribution in [1.82, 2.24) is 4.90 Å². The van der Waals surface area contributed by atoms with Crippen LogP contribution in [0.25, 0.3) is 0 Å². The summed E-state index contributed by atoms with van der Waals surface area (Å²) in [5.41, 5.74) is 7.03. The number of carbonyl (C=O) groups is 1. The third-order valence-electron chi connectivity index (χ3n) is 1.86. The van der Waals surface area contributed by atoms with Crippen LogP contribution in [0.2, 0.25) is 0 Å². The fourth-order valence-corrected chi connectivity index (χ4v) is 1.75. The van der Waals surface area contributed by atoms with Crippen molar-refractivity contribution in [3.05, 3.63) is 23.8 Å². The molecule has 1 rings (SSSR count). The van der Waals surface area contributed by atoms with E-state index in [1.807, 2.05) is 12.3 Å². The summed E-state index contributed by atoms with van der Waals surface area (Å²) in [6.07, 6.45) is 1.93. The Morgan fingerprint density at radius 1 is 1.43 bits per heavy atom. The number of thioether (sulfide) groups is 1. The Morgan fingerprint density at radius 3 is 2.57 bits per heavy atom. The first-order chi connectivity index (χ1) is 6.56. The molecule has 0 spiro atoms. The van der Waals surface area contributed by atoms with Crippen molar-refractivity contribution in [3.63, 3.8) is 0 Å². The van der Waals surface area contributed by atoms with Gasteiger partial charge < -0.3 is 10.6 Å². The smallest absolute Gasteiger partial charge is 0.254 e. The van der Waals surface area contributed by atoms with E-state index in [1.54, 1.807) is 31.1 Å². The molecule has 1 aromatic rings. The van der Waals surface area contributed by atoms with Crippen LogP contribution in [0.1, 0.15) is 10.4 Å². The third kappa shape index (κ3) is 2.20. The number of carbonyl (C=O) groups excluding carboxylic acids is 1. The Hall–Kier alpha value is -1.16. The van der Waals surface area contributed by atoms with E-state index in [-0.39, 0.29) is 5.91 Å². The van der Waals surface area contributed by atoms with Crippen molar-refractivity contribution in [2.75, 3.05) is 26.1 Å². The van der Waals surface area contributed by atoms with Crippen LogP contribution >= 0.6 is 11.8 Å². The predicted octanol–water partition coefficient (Wildman–Crippen LogP) is 1.69. The molecule has 4 heteroatoms. The largest absolute Gasteiger partial charge is 0.399 e. The fourth-order valence-electron chi connectivity index (χ4n) is 1.13. The quantitative estimate of drug-likeness (QED) is 0.597. The molecule has 0 unspecified atom stereocenters. The minimum absolute atomic E-state index is 0.00866. The van der Waals surface area contributed by atoms with Crippen molar-refractivity contribution in [1.29, 1.82) is 0 Å². The zero-order valence-corrected chi connectivity index (χ0v) is 9.39. The molecule has 0 heterocycles. The summed E-state index contributed by atoms with van der Waals surface area (Å²) in [5, 5.41) is 0. The molecule has 0 aliphatic rings. The van der Waals surface area contributed by atoms with Crippen LogP contribution in [0.3, 0.4) is 0 Å². The van der Waals surface area contributed by atoms with Crippen molar-refractivity contribution >= 4 is 23.4 Å². The lowest BCUT2D eigenvalue weighted by atomic mass is 10.2. The molecular formula is C10H14N2OS. The summed E-state index contributed by atoms with van der Waals surface area (Å²) in [5.74, 6) is 0.00866. The summed E-state index contributed by atoms with van der Waals surface area (Å²) in [4.78, 5) is 14.2. The maximum Gasteiger partial charge on any atom is 0.254 e. The van der Waals surface area contributed by atoms with Crippen LogP contribution in [0.5, 0.6) is 0 Å². The number of anilines is 1. The van der Waals surface area contributed by atoms with E-state index in [9.17, 15) is 4.79 Å². The third-order valence-corrected chi connectivity index (χ3v) is 2.64. The standard InChI is InChI=1S/C10H14N2OS/c1-12(2)10(13)8-5-4-7(11)6-9(8)14-3/h4-6H,11H2,1-3H3. The molecule has 0 atom stereocenters. The van der Waals surface area contributed by atoms with Gasteiger partial charge in [-0.05, 0) is 24.5 Å². The number of nitrogen functional groups attached to an aromatic ring is 1. The zero-order valence-electron chi connectivity index (χ0n) is 8.57. The first-order valence-corrected chi connectivity index (χ1v) is 5.44. The normalized spacial score (nSPS) is 9.93. The average molecular weight is 210 g/mol. The molecule has 0 saturated heterocycles. The molecule has 1 amide bonds. The van der Waals surface area contributed by atoms with Crippen LogP contribution in [0.15, 0.2) is 23.1 Å². The Kier molecular flexibility index (Phi) is 3.41. The average Bonchev–Trinajstić information content (AvgIpc) is 2.16. The number of nitrogens with two attached hydrogens (primary N) is 1. The molecule has 0 aromatic heterocycles. The molecule has 3 nitrogen and oxygen atoms in total. The molecular weight excluding hydrogens is 196 g/mol. The summed E-state index contributed by atoms with van der Waals surface area (Å²) in [7, 11) is 3.48. The van der Waals surface area contributed by atoms with Gasteiger partial charge in [0.1, 0.15) is 0 Å². The number of hydrogen-bond acceptors (Lipinski definition) is 3. The van der Waals surface area contributed by atoms with Gasteiger partial charge in [-0.25, -0.2) is 0 Å². The summed E-state index contributed by atoms with van der Waals surface area (Å²) >= 11 is 1.53. The van der Waals surface area contributed by atoms with Crippen molar-refractivity contribution in [2.45, 2.75) is 4.90 Å². The van der Waals surface area contributed by atoms with E-state index in [2.05, 4.69) is 0 Å². The van der Waals surface area contributed by atoms with Gasteiger partial charge in [-0.1, -0.05) is 0 Å². The molecule has 1 aromatic carbocycles. The highest BCUT2D eigenvalue weighted by molar-refractivity contribution is 7.98. The monoisotopic (exact) mass is 210 g/mol. The molecule has 76 valence electrons. The van der Waals surface area contributed by atoms with Gasteiger partial charge in [-0.15, -0.1) is 11.8 Å². The molecule has 0 fully saturated rings. The molecule has 14 heavy (non-hydrogen) atoms.